The van der Waals surface area contributed by atoms with Gasteiger partial charge in [-0.1, -0.05) is 32.3 Å². The number of hydrogen-bond donors (Lipinski definition) is 2. The minimum atomic E-state index is -0.756. The highest BCUT2D eigenvalue weighted by Gasteiger charge is 1.91. The van der Waals surface area contributed by atoms with E-state index < -0.39 is 5.97 Å². The Bertz CT molecular complexity index is 167. The van der Waals surface area contributed by atoms with Crippen molar-refractivity contribution < 1.29 is 9.90 Å². The van der Waals surface area contributed by atoms with Gasteiger partial charge in [-0.15, -0.1) is 0 Å². The van der Waals surface area contributed by atoms with Gasteiger partial charge in [0.1, 0.15) is 0 Å². The minimum absolute atomic E-state index is 0.181. The summed E-state index contributed by atoms with van der Waals surface area (Å²) in [6.07, 6.45) is 10.3. The summed E-state index contributed by atoms with van der Waals surface area (Å²) >= 11 is 0. The van der Waals surface area contributed by atoms with Crippen LogP contribution in [0.5, 0.6) is 0 Å². The highest BCUT2D eigenvalue weighted by Crippen LogP contribution is 2.02. The Hall–Kier alpha value is -0.990. The predicted molar refractivity (Wildman–Crippen MR) is 58.2 cm³/mol. The molecule has 3 nitrogen and oxygen atoms in total. The summed E-state index contributed by atoms with van der Waals surface area (Å²) in [5, 5.41) is 11.3. The van der Waals surface area contributed by atoms with Crippen molar-refractivity contribution in [3.05, 3.63) is 12.3 Å². The molecule has 0 aliphatic rings. The predicted octanol–water partition coefficient (Wildman–Crippen LogP) is 2.53. The van der Waals surface area contributed by atoms with Gasteiger partial charge in [0.05, 0.1) is 6.42 Å². The van der Waals surface area contributed by atoms with Crippen LogP contribution in [0.3, 0.4) is 0 Å². The fourth-order valence-electron chi connectivity index (χ4n) is 1.12. The monoisotopic (exact) mass is 199 g/mol. The first kappa shape index (κ1) is 13.0. The maximum atomic E-state index is 10.1. The van der Waals surface area contributed by atoms with Crippen molar-refractivity contribution in [2.75, 3.05) is 6.54 Å². The maximum absolute atomic E-state index is 10.1. The van der Waals surface area contributed by atoms with Gasteiger partial charge < -0.3 is 10.4 Å². The first-order valence-electron chi connectivity index (χ1n) is 5.37. The summed E-state index contributed by atoms with van der Waals surface area (Å²) in [6, 6.07) is 0. The molecule has 0 heterocycles. The van der Waals surface area contributed by atoms with Crippen molar-refractivity contribution in [3.63, 3.8) is 0 Å². The summed E-state index contributed by atoms with van der Waals surface area (Å²) in [4.78, 5) is 10.1. The minimum Gasteiger partial charge on any atom is -0.481 e. The molecular weight excluding hydrogens is 178 g/mol. The van der Waals surface area contributed by atoms with Crippen molar-refractivity contribution >= 4 is 5.97 Å². The summed E-state index contributed by atoms with van der Waals surface area (Å²) in [5.74, 6) is -0.756. The molecule has 0 rings (SSSR count). The highest BCUT2D eigenvalue weighted by atomic mass is 16.4. The average Bonchev–Trinajstić information content (AvgIpc) is 2.15. The van der Waals surface area contributed by atoms with E-state index in [-0.39, 0.29) is 6.42 Å². The van der Waals surface area contributed by atoms with E-state index in [0.717, 1.165) is 6.42 Å². The van der Waals surface area contributed by atoms with Gasteiger partial charge in [0.25, 0.3) is 0 Å². The third-order valence-electron chi connectivity index (χ3n) is 1.94. The molecule has 0 atom stereocenters. The molecule has 3 heteroatoms. The van der Waals surface area contributed by atoms with Crippen LogP contribution in [-0.4, -0.2) is 17.6 Å². The lowest BCUT2D eigenvalue weighted by Gasteiger charge is -1.97. The second-order valence-electron chi connectivity index (χ2n) is 3.35. The lowest BCUT2D eigenvalue weighted by molar-refractivity contribution is -0.136. The summed E-state index contributed by atoms with van der Waals surface area (Å²) in [5.41, 5.74) is 0. The molecule has 0 aliphatic heterocycles. The van der Waals surface area contributed by atoms with Crippen molar-refractivity contribution in [1.82, 2.24) is 5.32 Å². The van der Waals surface area contributed by atoms with Gasteiger partial charge in [-0.3, -0.25) is 4.79 Å². The van der Waals surface area contributed by atoms with Crippen LogP contribution in [-0.2, 0) is 4.79 Å². The Morgan fingerprint density at radius 1 is 1.36 bits per heavy atom. The van der Waals surface area contributed by atoms with Gasteiger partial charge >= 0.3 is 5.97 Å². The van der Waals surface area contributed by atoms with Gasteiger partial charge in [-0.05, 0) is 19.0 Å². The van der Waals surface area contributed by atoms with Crippen LogP contribution in [0.2, 0.25) is 0 Å². The van der Waals surface area contributed by atoms with Crippen molar-refractivity contribution in [2.45, 2.75) is 45.4 Å². The number of nitrogens with one attached hydrogen (secondary N) is 1. The molecule has 0 radical (unpaired) electrons. The van der Waals surface area contributed by atoms with Crippen molar-refractivity contribution in [2.24, 2.45) is 0 Å². The topological polar surface area (TPSA) is 49.3 Å². The van der Waals surface area contributed by atoms with Crippen molar-refractivity contribution in [3.8, 4) is 0 Å². The fourth-order valence-corrected chi connectivity index (χ4v) is 1.12. The third-order valence-corrected chi connectivity index (χ3v) is 1.94. The summed E-state index contributed by atoms with van der Waals surface area (Å²) in [6.45, 7) is 2.71. The quantitative estimate of drug-likeness (QED) is 0.561. The number of carboxylic acid groups (broad SMARTS) is 1. The third kappa shape index (κ3) is 11.0. The number of allylic oxidation sites excluding steroid dienone is 1. The summed E-state index contributed by atoms with van der Waals surface area (Å²) in [7, 11) is 0. The van der Waals surface area contributed by atoms with E-state index >= 15 is 0 Å². The molecule has 0 spiro atoms. The molecule has 2 N–H and O–H groups in total. The molecule has 0 amide bonds. The number of carboxylic acids is 1. The maximum Gasteiger partial charge on any atom is 0.305 e. The van der Waals surface area contributed by atoms with E-state index in [2.05, 4.69) is 18.3 Å². The van der Waals surface area contributed by atoms with Gasteiger partial charge in [0.15, 0.2) is 0 Å². The van der Waals surface area contributed by atoms with E-state index in [9.17, 15) is 4.79 Å². The van der Waals surface area contributed by atoms with Crippen LogP contribution in [0, 0.1) is 0 Å². The van der Waals surface area contributed by atoms with E-state index in [4.69, 9.17) is 5.11 Å². The van der Waals surface area contributed by atoms with Gasteiger partial charge in [0, 0.05) is 6.54 Å². The SMILES string of the molecule is CCCCCCC=CNCCC(=O)O. The average molecular weight is 199 g/mol. The van der Waals surface area contributed by atoms with Crippen LogP contribution in [0.15, 0.2) is 12.3 Å². The number of unbranched alkanes of at least 4 members (excludes halogenated alkanes) is 4. The Labute approximate surface area is 86.2 Å². The molecule has 0 saturated heterocycles. The van der Waals surface area contributed by atoms with E-state index in [1.807, 2.05) is 6.20 Å². The van der Waals surface area contributed by atoms with Gasteiger partial charge in [0.2, 0.25) is 0 Å². The van der Waals surface area contributed by atoms with Gasteiger partial charge in [-0.2, -0.15) is 0 Å². The lowest BCUT2D eigenvalue weighted by atomic mass is 10.1. The standard InChI is InChI=1S/C11H21NO2/c1-2-3-4-5-6-7-9-12-10-8-11(13)14/h7,9,12H,2-6,8,10H2,1H3,(H,13,14). The largest absolute Gasteiger partial charge is 0.481 e. The molecule has 0 aromatic rings. The van der Waals surface area contributed by atoms with E-state index in [1.54, 1.807) is 0 Å². The molecule has 82 valence electrons. The first-order chi connectivity index (χ1) is 6.77. The number of aliphatic carboxylic acids is 1. The van der Waals surface area contributed by atoms with Crippen LogP contribution in [0.4, 0.5) is 0 Å². The molecule has 0 bridgehead atoms. The van der Waals surface area contributed by atoms with Crippen molar-refractivity contribution in [1.29, 1.82) is 0 Å². The number of rotatable bonds is 9. The zero-order valence-electron chi connectivity index (χ0n) is 8.96. The molecular formula is C11H21NO2. The molecule has 0 aromatic heterocycles. The van der Waals surface area contributed by atoms with Crippen LogP contribution in [0.1, 0.15) is 45.4 Å². The zero-order chi connectivity index (χ0) is 10.6. The second kappa shape index (κ2) is 10.1. The number of carbonyl (C=O) groups is 1. The highest BCUT2D eigenvalue weighted by molar-refractivity contribution is 5.66. The fraction of sp³-hybridized carbons (Fsp3) is 0.727. The zero-order valence-corrected chi connectivity index (χ0v) is 8.96. The van der Waals surface area contributed by atoms with E-state index in [1.165, 1.54) is 25.7 Å². The summed E-state index contributed by atoms with van der Waals surface area (Å²) < 4.78 is 0. The molecule has 0 saturated carbocycles. The Morgan fingerprint density at radius 3 is 2.79 bits per heavy atom. The Kier molecular flexibility index (Phi) is 9.38. The van der Waals surface area contributed by atoms with E-state index in [0.29, 0.717) is 6.54 Å². The van der Waals surface area contributed by atoms with Crippen LogP contribution >= 0.6 is 0 Å². The lowest BCUT2D eigenvalue weighted by Crippen LogP contribution is -2.11. The molecule has 0 unspecified atom stereocenters. The Morgan fingerprint density at radius 2 is 2.14 bits per heavy atom. The molecule has 0 aliphatic carbocycles. The Balaban J connectivity index is 3.07. The second-order valence-corrected chi connectivity index (χ2v) is 3.35. The molecule has 14 heavy (non-hydrogen) atoms. The van der Waals surface area contributed by atoms with Crippen LogP contribution in [0.25, 0.3) is 0 Å². The molecule has 0 aromatic carbocycles. The smallest absolute Gasteiger partial charge is 0.305 e. The molecule has 0 fully saturated rings. The number of hydrogen-bond acceptors (Lipinski definition) is 2. The van der Waals surface area contributed by atoms with Crippen LogP contribution < -0.4 is 5.32 Å². The normalized spacial score (nSPS) is 10.6. The first-order valence-corrected chi connectivity index (χ1v) is 5.37. The van der Waals surface area contributed by atoms with Gasteiger partial charge in [-0.25, -0.2) is 0 Å².